The molecule has 2 aromatic heterocycles. The topological polar surface area (TPSA) is 67.2 Å². The van der Waals surface area contributed by atoms with E-state index in [1.54, 1.807) is 10.9 Å². The van der Waals surface area contributed by atoms with E-state index < -0.39 is 0 Å². The highest BCUT2D eigenvalue weighted by Crippen LogP contribution is 2.19. The first-order valence-corrected chi connectivity index (χ1v) is 9.48. The van der Waals surface area contributed by atoms with Crippen molar-refractivity contribution in [1.29, 1.82) is 0 Å². The van der Waals surface area contributed by atoms with Crippen molar-refractivity contribution in [2.75, 3.05) is 31.1 Å². The van der Waals surface area contributed by atoms with Crippen molar-refractivity contribution in [1.82, 2.24) is 24.6 Å². The molecule has 1 fully saturated rings. The summed E-state index contributed by atoms with van der Waals surface area (Å²) in [6, 6.07) is 9.83. The summed E-state index contributed by atoms with van der Waals surface area (Å²) >= 11 is 0. The van der Waals surface area contributed by atoms with Crippen LogP contribution in [0.2, 0.25) is 0 Å². The second-order valence-electron chi connectivity index (χ2n) is 7.24. The van der Waals surface area contributed by atoms with Gasteiger partial charge in [-0.25, -0.2) is 14.6 Å². The molecule has 0 saturated carbocycles. The van der Waals surface area contributed by atoms with Crippen molar-refractivity contribution in [3.63, 3.8) is 0 Å². The number of piperazine rings is 1. The molecule has 1 amide bonds. The summed E-state index contributed by atoms with van der Waals surface area (Å²) < 4.78 is 1.73. The molecule has 7 nitrogen and oxygen atoms in total. The molecule has 0 radical (unpaired) electrons. The average molecular weight is 376 g/mol. The molecule has 3 heterocycles. The Labute approximate surface area is 164 Å². The van der Waals surface area contributed by atoms with Gasteiger partial charge < -0.3 is 9.80 Å². The molecule has 28 heavy (non-hydrogen) atoms. The van der Waals surface area contributed by atoms with Gasteiger partial charge in [-0.15, -0.1) is 0 Å². The van der Waals surface area contributed by atoms with Gasteiger partial charge in [-0.2, -0.15) is 5.10 Å². The molecular weight excluding hydrogens is 352 g/mol. The molecule has 0 spiro atoms. The number of anilines is 1. The second-order valence-corrected chi connectivity index (χ2v) is 7.24. The zero-order valence-electron chi connectivity index (χ0n) is 16.5. The van der Waals surface area contributed by atoms with E-state index >= 15 is 0 Å². The summed E-state index contributed by atoms with van der Waals surface area (Å²) in [7, 11) is 0. The van der Waals surface area contributed by atoms with Gasteiger partial charge >= 0.3 is 0 Å². The number of rotatable bonds is 3. The Morgan fingerprint density at radius 1 is 0.893 bits per heavy atom. The molecule has 3 aromatic rings. The number of carbonyl (C=O) groups excluding carboxylic acids is 1. The Bertz CT molecular complexity index is 970. The lowest BCUT2D eigenvalue weighted by Crippen LogP contribution is -2.49. The van der Waals surface area contributed by atoms with Gasteiger partial charge in [0.25, 0.3) is 5.91 Å². The van der Waals surface area contributed by atoms with Crippen LogP contribution in [0.1, 0.15) is 27.3 Å². The van der Waals surface area contributed by atoms with E-state index in [1.165, 1.54) is 0 Å². The van der Waals surface area contributed by atoms with Crippen LogP contribution in [0.3, 0.4) is 0 Å². The first-order chi connectivity index (χ1) is 13.5. The minimum atomic E-state index is 0.0996. The SMILES string of the molecule is Cc1cc(C)cc(C(=O)N2CCN(c3cc(-n4cccn4)nc(C)n3)CC2)c1. The van der Waals surface area contributed by atoms with E-state index in [4.69, 9.17) is 0 Å². The van der Waals surface area contributed by atoms with Gasteiger partial charge in [0.2, 0.25) is 0 Å². The monoisotopic (exact) mass is 376 g/mol. The van der Waals surface area contributed by atoms with Crippen LogP contribution in [0.25, 0.3) is 5.82 Å². The predicted octanol–water partition coefficient (Wildman–Crippen LogP) is 2.55. The van der Waals surface area contributed by atoms with Gasteiger partial charge in [0.05, 0.1) is 0 Å². The summed E-state index contributed by atoms with van der Waals surface area (Å²) in [4.78, 5) is 26.1. The average Bonchev–Trinajstić information content (AvgIpc) is 3.21. The number of benzene rings is 1. The zero-order chi connectivity index (χ0) is 19.7. The Morgan fingerprint density at radius 2 is 1.57 bits per heavy atom. The minimum Gasteiger partial charge on any atom is -0.353 e. The molecule has 0 aliphatic carbocycles. The summed E-state index contributed by atoms with van der Waals surface area (Å²) in [6.45, 7) is 8.76. The van der Waals surface area contributed by atoms with Crippen molar-refractivity contribution in [3.8, 4) is 5.82 Å². The molecule has 1 aromatic carbocycles. The fraction of sp³-hybridized carbons (Fsp3) is 0.333. The third-order valence-corrected chi connectivity index (χ3v) is 4.91. The minimum absolute atomic E-state index is 0.0996. The van der Waals surface area contributed by atoms with Gasteiger partial charge in [-0.05, 0) is 39.0 Å². The van der Waals surface area contributed by atoms with E-state index in [0.717, 1.165) is 41.4 Å². The number of hydrogen-bond acceptors (Lipinski definition) is 5. The smallest absolute Gasteiger partial charge is 0.253 e. The lowest BCUT2D eigenvalue weighted by molar-refractivity contribution is 0.0746. The van der Waals surface area contributed by atoms with Gasteiger partial charge in [-0.1, -0.05) is 17.2 Å². The third kappa shape index (κ3) is 3.74. The fourth-order valence-corrected chi connectivity index (χ4v) is 3.64. The van der Waals surface area contributed by atoms with Crippen LogP contribution in [0.4, 0.5) is 5.82 Å². The molecule has 1 saturated heterocycles. The van der Waals surface area contributed by atoms with Crippen LogP contribution >= 0.6 is 0 Å². The molecular formula is C21H24N6O. The molecule has 144 valence electrons. The van der Waals surface area contributed by atoms with Gasteiger partial charge in [-0.3, -0.25) is 4.79 Å². The number of amides is 1. The first-order valence-electron chi connectivity index (χ1n) is 9.48. The fourth-order valence-electron chi connectivity index (χ4n) is 3.64. The molecule has 1 aliphatic rings. The lowest BCUT2D eigenvalue weighted by Gasteiger charge is -2.35. The Hall–Kier alpha value is -3.22. The van der Waals surface area contributed by atoms with Gasteiger partial charge in [0, 0.05) is 50.2 Å². The standard InChI is InChI=1S/C21H24N6O/c1-15-11-16(2)13-18(12-15)21(28)26-9-7-25(8-10-26)19-14-20(24-17(3)23-19)27-6-4-5-22-27/h4-6,11-14H,7-10H2,1-3H3. The van der Waals surface area contributed by atoms with Crippen molar-refractivity contribution in [2.24, 2.45) is 0 Å². The van der Waals surface area contributed by atoms with Gasteiger partial charge in [0.1, 0.15) is 11.6 Å². The van der Waals surface area contributed by atoms with Crippen molar-refractivity contribution >= 4 is 11.7 Å². The molecule has 7 heteroatoms. The Kier molecular flexibility index (Phi) is 4.81. The molecule has 0 bridgehead atoms. The highest BCUT2D eigenvalue weighted by molar-refractivity contribution is 5.94. The highest BCUT2D eigenvalue weighted by atomic mass is 16.2. The Balaban J connectivity index is 1.48. The first kappa shape index (κ1) is 18.2. The molecule has 0 unspecified atom stereocenters. The molecule has 0 N–H and O–H groups in total. The van der Waals surface area contributed by atoms with E-state index in [9.17, 15) is 4.79 Å². The van der Waals surface area contributed by atoms with E-state index in [0.29, 0.717) is 18.9 Å². The molecule has 4 rings (SSSR count). The lowest BCUT2D eigenvalue weighted by atomic mass is 10.1. The largest absolute Gasteiger partial charge is 0.353 e. The maximum absolute atomic E-state index is 12.9. The van der Waals surface area contributed by atoms with Crippen LogP contribution in [0, 0.1) is 20.8 Å². The number of carbonyl (C=O) groups is 1. The van der Waals surface area contributed by atoms with Crippen LogP contribution in [-0.4, -0.2) is 56.7 Å². The third-order valence-electron chi connectivity index (χ3n) is 4.91. The number of aryl methyl sites for hydroxylation is 3. The quantitative estimate of drug-likeness (QED) is 0.703. The van der Waals surface area contributed by atoms with Crippen molar-refractivity contribution < 1.29 is 4.79 Å². The van der Waals surface area contributed by atoms with Crippen molar-refractivity contribution in [3.05, 3.63) is 65.2 Å². The zero-order valence-corrected chi connectivity index (χ0v) is 16.5. The normalized spacial score (nSPS) is 14.4. The van der Waals surface area contributed by atoms with Gasteiger partial charge in [0.15, 0.2) is 5.82 Å². The second kappa shape index (κ2) is 7.42. The number of aromatic nitrogens is 4. The van der Waals surface area contributed by atoms with Crippen molar-refractivity contribution in [2.45, 2.75) is 20.8 Å². The maximum Gasteiger partial charge on any atom is 0.253 e. The Morgan fingerprint density at radius 3 is 2.21 bits per heavy atom. The van der Waals surface area contributed by atoms with Crippen LogP contribution in [0.5, 0.6) is 0 Å². The number of hydrogen-bond donors (Lipinski definition) is 0. The summed E-state index contributed by atoms with van der Waals surface area (Å²) in [6.07, 6.45) is 3.60. The van der Waals surface area contributed by atoms with E-state index in [2.05, 4.69) is 26.0 Å². The molecule has 0 atom stereocenters. The van der Waals surface area contributed by atoms with Crippen LogP contribution in [-0.2, 0) is 0 Å². The number of nitrogens with zero attached hydrogens (tertiary/aromatic N) is 6. The summed E-state index contributed by atoms with van der Waals surface area (Å²) in [5, 5.41) is 4.25. The summed E-state index contributed by atoms with van der Waals surface area (Å²) in [5.74, 6) is 2.43. The van der Waals surface area contributed by atoms with E-state index in [-0.39, 0.29) is 5.91 Å². The van der Waals surface area contributed by atoms with E-state index in [1.807, 2.05) is 56.1 Å². The maximum atomic E-state index is 12.9. The van der Waals surface area contributed by atoms with Crippen LogP contribution < -0.4 is 4.90 Å². The highest BCUT2D eigenvalue weighted by Gasteiger charge is 2.23. The summed E-state index contributed by atoms with van der Waals surface area (Å²) in [5.41, 5.74) is 3.00. The van der Waals surface area contributed by atoms with Crippen LogP contribution in [0.15, 0.2) is 42.7 Å². The predicted molar refractivity (Wildman–Crippen MR) is 108 cm³/mol. The molecule has 1 aliphatic heterocycles.